The van der Waals surface area contributed by atoms with E-state index in [0.717, 1.165) is 17.9 Å². The van der Waals surface area contributed by atoms with Gasteiger partial charge >= 0.3 is 5.97 Å². The van der Waals surface area contributed by atoms with E-state index in [1.807, 2.05) is 40.8 Å². The van der Waals surface area contributed by atoms with Gasteiger partial charge in [0, 0.05) is 25.4 Å². The molecular formula is C16H25N3O3S. The van der Waals surface area contributed by atoms with Crippen LogP contribution in [0.1, 0.15) is 39.3 Å². The summed E-state index contributed by atoms with van der Waals surface area (Å²) in [6.45, 7) is 8.17. The molecule has 0 N–H and O–H groups in total. The molecule has 6 nitrogen and oxygen atoms in total. The number of hydrogen-bond acceptors (Lipinski definition) is 5. The molecule has 2 heterocycles. The van der Waals surface area contributed by atoms with E-state index >= 15 is 0 Å². The molecule has 0 aliphatic carbocycles. The molecule has 1 saturated heterocycles. The molecular weight excluding hydrogens is 314 g/mol. The average Bonchev–Trinajstić information content (AvgIpc) is 2.91. The van der Waals surface area contributed by atoms with E-state index in [4.69, 9.17) is 4.74 Å². The van der Waals surface area contributed by atoms with Gasteiger partial charge in [0.15, 0.2) is 0 Å². The third-order valence-corrected chi connectivity index (χ3v) is 4.73. The van der Waals surface area contributed by atoms with Crippen LogP contribution in [-0.4, -0.2) is 44.8 Å². The number of esters is 1. The van der Waals surface area contributed by atoms with Crippen molar-refractivity contribution in [2.24, 2.45) is 7.05 Å². The van der Waals surface area contributed by atoms with Crippen molar-refractivity contribution in [3.05, 3.63) is 11.8 Å². The molecule has 0 unspecified atom stereocenters. The Balaban J connectivity index is 1.83. The number of anilines is 1. The van der Waals surface area contributed by atoms with Crippen molar-refractivity contribution in [3.63, 3.8) is 0 Å². The van der Waals surface area contributed by atoms with Crippen molar-refractivity contribution < 1.29 is 14.3 Å². The van der Waals surface area contributed by atoms with Gasteiger partial charge in [0.1, 0.15) is 11.4 Å². The van der Waals surface area contributed by atoms with E-state index in [0.29, 0.717) is 18.7 Å². The number of nitrogens with zero attached hydrogens (tertiary/aromatic N) is 3. The second-order valence-electron chi connectivity index (χ2n) is 6.74. The molecule has 128 valence electrons. The van der Waals surface area contributed by atoms with Gasteiger partial charge in [0.2, 0.25) is 5.91 Å². The summed E-state index contributed by atoms with van der Waals surface area (Å²) in [5.74, 6) is 1.32. The molecule has 1 aromatic heterocycles. The highest BCUT2D eigenvalue weighted by molar-refractivity contribution is 8.00. The van der Waals surface area contributed by atoms with Crippen LogP contribution in [0.3, 0.4) is 0 Å². The molecule has 0 spiro atoms. The quantitative estimate of drug-likeness (QED) is 0.770. The normalized spacial score (nSPS) is 18.6. The first-order chi connectivity index (χ1) is 10.7. The van der Waals surface area contributed by atoms with Crippen LogP contribution in [0.2, 0.25) is 0 Å². The van der Waals surface area contributed by atoms with Crippen LogP contribution in [0.5, 0.6) is 0 Å². The Hall–Kier alpha value is -1.50. The lowest BCUT2D eigenvalue weighted by Gasteiger charge is -2.19. The van der Waals surface area contributed by atoms with Crippen LogP contribution < -0.4 is 4.90 Å². The number of amides is 1. The highest BCUT2D eigenvalue weighted by Gasteiger charge is 2.34. The van der Waals surface area contributed by atoms with Gasteiger partial charge < -0.3 is 4.74 Å². The maximum atomic E-state index is 12.5. The molecule has 1 atom stereocenters. The first-order valence-electron chi connectivity index (χ1n) is 7.83. The summed E-state index contributed by atoms with van der Waals surface area (Å²) in [5.41, 5.74) is 0.440. The molecule has 0 radical (unpaired) electrons. The van der Waals surface area contributed by atoms with Crippen molar-refractivity contribution >= 4 is 29.5 Å². The standard InChI is InChI=1S/C16H25N3O3S/c1-11-10-13(18(5)17-11)19-8-6-12(15(19)21)23-9-7-14(20)22-16(2,3)4/h10,12H,6-9H2,1-5H3/t12-/m1/s1. The minimum absolute atomic E-state index is 0.0901. The van der Waals surface area contributed by atoms with Gasteiger partial charge in [-0.05, 0) is 34.1 Å². The predicted molar refractivity (Wildman–Crippen MR) is 91.6 cm³/mol. The molecule has 23 heavy (non-hydrogen) atoms. The Morgan fingerprint density at radius 1 is 1.48 bits per heavy atom. The van der Waals surface area contributed by atoms with Crippen molar-refractivity contribution in [1.29, 1.82) is 0 Å². The third kappa shape index (κ3) is 4.73. The van der Waals surface area contributed by atoms with Crippen LogP contribution >= 0.6 is 11.8 Å². The fourth-order valence-electron chi connectivity index (χ4n) is 2.56. The SMILES string of the molecule is Cc1cc(N2CC[C@@H](SCCC(=O)OC(C)(C)C)C2=O)n(C)n1. The number of ether oxygens (including phenoxy) is 1. The van der Waals surface area contributed by atoms with Crippen molar-refractivity contribution in [2.45, 2.75) is 51.4 Å². The van der Waals surface area contributed by atoms with Gasteiger partial charge in [0.25, 0.3) is 0 Å². The maximum Gasteiger partial charge on any atom is 0.307 e. The Morgan fingerprint density at radius 3 is 2.74 bits per heavy atom. The summed E-state index contributed by atoms with van der Waals surface area (Å²) >= 11 is 1.54. The number of rotatable bonds is 5. The summed E-state index contributed by atoms with van der Waals surface area (Å²) in [6.07, 6.45) is 1.12. The van der Waals surface area contributed by atoms with Gasteiger partial charge in [-0.3, -0.25) is 19.2 Å². The molecule has 7 heteroatoms. The van der Waals surface area contributed by atoms with Gasteiger partial charge in [-0.1, -0.05) is 0 Å². The molecule has 2 rings (SSSR count). The summed E-state index contributed by atoms with van der Waals surface area (Å²) in [5, 5.41) is 4.20. The zero-order valence-corrected chi connectivity index (χ0v) is 15.3. The fraction of sp³-hybridized carbons (Fsp3) is 0.688. The number of thioether (sulfide) groups is 1. The van der Waals surface area contributed by atoms with E-state index in [1.165, 1.54) is 11.8 Å². The third-order valence-electron chi connectivity index (χ3n) is 3.46. The monoisotopic (exact) mass is 339 g/mol. The van der Waals surface area contributed by atoms with E-state index in [2.05, 4.69) is 5.10 Å². The molecule has 1 fully saturated rings. The van der Waals surface area contributed by atoms with E-state index in [9.17, 15) is 9.59 Å². The lowest BCUT2D eigenvalue weighted by Crippen LogP contribution is -2.30. The fourth-order valence-corrected chi connectivity index (χ4v) is 3.67. The van der Waals surface area contributed by atoms with Gasteiger partial charge in [-0.25, -0.2) is 0 Å². The van der Waals surface area contributed by atoms with Gasteiger partial charge in [-0.15, -0.1) is 11.8 Å². The van der Waals surface area contributed by atoms with E-state index in [1.54, 1.807) is 9.58 Å². The number of carbonyl (C=O) groups excluding carboxylic acids is 2. The predicted octanol–water partition coefficient (Wildman–Crippen LogP) is 2.30. The zero-order valence-electron chi connectivity index (χ0n) is 14.5. The van der Waals surface area contributed by atoms with Crippen molar-refractivity contribution in [1.82, 2.24) is 9.78 Å². The second kappa shape index (κ2) is 6.95. The first kappa shape index (κ1) is 17.8. The molecule has 1 aliphatic rings. The van der Waals surface area contributed by atoms with Crippen LogP contribution in [0.4, 0.5) is 5.82 Å². The highest BCUT2D eigenvalue weighted by Crippen LogP contribution is 2.29. The van der Waals surface area contributed by atoms with E-state index < -0.39 is 5.60 Å². The Morgan fingerprint density at radius 2 is 2.17 bits per heavy atom. The van der Waals surface area contributed by atoms with Gasteiger partial charge in [-0.2, -0.15) is 5.10 Å². The molecule has 1 aliphatic heterocycles. The minimum atomic E-state index is -0.459. The van der Waals surface area contributed by atoms with Crippen LogP contribution in [0.15, 0.2) is 6.07 Å². The summed E-state index contributed by atoms with van der Waals surface area (Å²) in [4.78, 5) is 26.0. The van der Waals surface area contributed by atoms with Gasteiger partial charge in [0.05, 0.1) is 17.4 Å². The van der Waals surface area contributed by atoms with Crippen molar-refractivity contribution in [3.8, 4) is 0 Å². The Kier molecular flexibility index (Phi) is 5.39. The zero-order chi connectivity index (χ0) is 17.2. The Bertz CT molecular complexity index is 592. The first-order valence-corrected chi connectivity index (χ1v) is 8.88. The van der Waals surface area contributed by atoms with E-state index in [-0.39, 0.29) is 17.1 Å². The molecule has 1 aromatic rings. The topological polar surface area (TPSA) is 64.4 Å². The number of hydrogen-bond donors (Lipinski definition) is 0. The molecule has 1 amide bonds. The lowest BCUT2D eigenvalue weighted by atomic mass is 10.2. The summed E-state index contributed by atoms with van der Waals surface area (Å²) < 4.78 is 7.02. The number of aryl methyl sites for hydroxylation is 2. The summed E-state index contributed by atoms with van der Waals surface area (Å²) in [6, 6.07) is 1.92. The number of aromatic nitrogens is 2. The molecule has 0 saturated carbocycles. The smallest absolute Gasteiger partial charge is 0.307 e. The highest BCUT2D eigenvalue weighted by atomic mass is 32.2. The summed E-state index contributed by atoms with van der Waals surface area (Å²) in [7, 11) is 1.85. The van der Waals surface area contributed by atoms with Crippen LogP contribution in [0.25, 0.3) is 0 Å². The lowest BCUT2D eigenvalue weighted by molar-refractivity contribution is -0.154. The van der Waals surface area contributed by atoms with Crippen LogP contribution in [-0.2, 0) is 21.4 Å². The average molecular weight is 339 g/mol. The maximum absolute atomic E-state index is 12.5. The van der Waals surface area contributed by atoms with Crippen LogP contribution in [0, 0.1) is 6.92 Å². The Labute approximate surface area is 141 Å². The number of carbonyl (C=O) groups is 2. The molecule has 0 aromatic carbocycles. The minimum Gasteiger partial charge on any atom is -0.460 e. The largest absolute Gasteiger partial charge is 0.460 e. The molecule has 0 bridgehead atoms. The second-order valence-corrected chi connectivity index (χ2v) is 8.05. The van der Waals surface area contributed by atoms with Crippen molar-refractivity contribution in [2.75, 3.05) is 17.2 Å².